The topological polar surface area (TPSA) is 108 Å². The van der Waals surface area contributed by atoms with Crippen LogP contribution in [0.5, 0.6) is 11.5 Å². The number of benzene rings is 2. The summed E-state index contributed by atoms with van der Waals surface area (Å²) in [6, 6.07) is 12.9. The number of ether oxygens (including phenoxy) is 2. The number of para-hydroxylation sites is 4. The average Bonchev–Trinajstić information content (AvgIpc) is 2.75. The minimum atomic E-state index is -0.537. The molecule has 10 nitrogen and oxygen atoms in total. The fraction of sp³-hybridized carbons (Fsp3) is 0.200. The van der Waals surface area contributed by atoms with E-state index < -0.39 is 12.1 Å². The van der Waals surface area contributed by atoms with Crippen LogP contribution in [-0.2, 0) is 0 Å². The molecule has 0 aromatic heterocycles. The molecule has 0 spiro atoms. The van der Waals surface area contributed by atoms with E-state index in [-0.39, 0.29) is 11.7 Å². The number of hydrogen-bond donors (Lipinski definition) is 2. The van der Waals surface area contributed by atoms with Crippen molar-refractivity contribution in [2.24, 2.45) is 10.2 Å². The van der Waals surface area contributed by atoms with E-state index >= 15 is 0 Å². The standard InChI is InChI=1S/C20H22N6O4/c1-13-23-26(20(28)22-16-10-6-8-12-18(16)30-4)14(2)24-25(13)19(27)21-15-9-5-7-11-17(15)29-3/h5-12H,1-4H3,(H,21,27)(H,22,28). The zero-order valence-corrected chi connectivity index (χ0v) is 17.0. The van der Waals surface area contributed by atoms with Crippen molar-refractivity contribution in [1.82, 2.24) is 10.0 Å². The van der Waals surface area contributed by atoms with Crippen LogP contribution in [0.4, 0.5) is 21.0 Å². The molecule has 156 valence electrons. The van der Waals surface area contributed by atoms with Crippen molar-refractivity contribution < 1.29 is 19.1 Å². The molecule has 0 bridgehead atoms. The first kappa shape index (κ1) is 20.6. The van der Waals surface area contributed by atoms with Gasteiger partial charge in [-0.2, -0.15) is 10.0 Å². The van der Waals surface area contributed by atoms with Crippen molar-refractivity contribution in [2.75, 3.05) is 24.9 Å². The second-order valence-electron chi connectivity index (χ2n) is 6.18. The van der Waals surface area contributed by atoms with Gasteiger partial charge < -0.3 is 20.1 Å². The summed E-state index contributed by atoms with van der Waals surface area (Å²) in [6.45, 7) is 3.14. The number of nitrogens with one attached hydrogen (secondary N) is 2. The third-order valence-corrected chi connectivity index (χ3v) is 4.18. The van der Waals surface area contributed by atoms with E-state index in [1.165, 1.54) is 14.2 Å². The summed E-state index contributed by atoms with van der Waals surface area (Å²) >= 11 is 0. The molecule has 1 aliphatic rings. The number of carbonyl (C=O) groups is 2. The lowest BCUT2D eigenvalue weighted by Crippen LogP contribution is -2.45. The summed E-state index contributed by atoms with van der Waals surface area (Å²) in [5.74, 6) is 1.44. The van der Waals surface area contributed by atoms with E-state index in [2.05, 4.69) is 20.8 Å². The lowest BCUT2D eigenvalue weighted by Gasteiger charge is -2.27. The van der Waals surface area contributed by atoms with Crippen LogP contribution in [0.1, 0.15) is 13.8 Å². The van der Waals surface area contributed by atoms with E-state index in [1.807, 2.05) is 0 Å². The molecule has 0 radical (unpaired) electrons. The van der Waals surface area contributed by atoms with Crippen molar-refractivity contribution in [3.05, 3.63) is 48.5 Å². The molecule has 0 aliphatic carbocycles. The lowest BCUT2D eigenvalue weighted by atomic mass is 10.3. The summed E-state index contributed by atoms with van der Waals surface area (Å²) < 4.78 is 10.5. The Labute approximate surface area is 173 Å². The van der Waals surface area contributed by atoms with Gasteiger partial charge in [-0.3, -0.25) is 0 Å². The molecule has 0 saturated carbocycles. The maximum Gasteiger partial charge on any atom is 0.348 e. The number of amidine groups is 2. The molecule has 1 heterocycles. The SMILES string of the molecule is COc1ccccc1NC(=O)N1N=C(C)N(C(=O)Nc2ccccc2OC)N=C1C. The average molecular weight is 410 g/mol. The number of rotatable bonds is 4. The summed E-state index contributed by atoms with van der Waals surface area (Å²) in [4.78, 5) is 25.4. The van der Waals surface area contributed by atoms with Gasteiger partial charge in [-0.25, -0.2) is 9.59 Å². The molecule has 0 unspecified atom stereocenters. The van der Waals surface area contributed by atoms with Gasteiger partial charge in [0.25, 0.3) is 0 Å². The van der Waals surface area contributed by atoms with Crippen molar-refractivity contribution >= 4 is 35.1 Å². The number of hydrazone groups is 2. The van der Waals surface area contributed by atoms with E-state index in [0.29, 0.717) is 22.9 Å². The lowest BCUT2D eigenvalue weighted by molar-refractivity contribution is 0.223. The molecule has 4 amide bonds. The molecule has 30 heavy (non-hydrogen) atoms. The van der Waals surface area contributed by atoms with Crippen LogP contribution in [0.3, 0.4) is 0 Å². The van der Waals surface area contributed by atoms with Gasteiger partial charge in [0.1, 0.15) is 11.5 Å². The molecular weight excluding hydrogens is 388 g/mol. The summed E-state index contributed by atoms with van der Waals surface area (Å²) in [5, 5.41) is 16.0. The van der Waals surface area contributed by atoms with Crippen LogP contribution in [0, 0.1) is 0 Å². The van der Waals surface area contributed by atoms with Gasteiger partial charge in [0.15, 0.2) is 11.7 Å². The molecule has 2 N–H and O–H groups in total. The number of nitrogens with zero attached hydrogens (tertiary/aromatic N) is 4. The Morgan fingerprint density at radius 3 is 1.47 bits per heavy atom. The molecule has 1 aliphatic heterocycles. The predicted molar refractivity (Wildman–Crippen MR) is 114 cm³/mol. The Balaban J connectivity index is 1.74. The van der Waals surface area contributed by atoms with Crippen LogP contribution in [-0.4, -0.2) is 48.0 Å². The molecule has 3 rings (SSSR count). The third kappa shape index (κ3) is 4.32. The summed E-state index contributed by atoms with van der Waals surface area (Å²) in [7, 11) is 3.03. The quantitative estimate of drug-likeness (QED) is 0.800. The minimum absolute atomic E-state index is 0.211. The second kappa shape index (κ2) is 8.95. The van der Waals surface area contributed by atoms with E-state index in [1.54, 1.807) is 62.4 Å². The van der Waals surface area contributed by atoms with E-state index in [0.717, 1.165) is 10.0 Å². The highest BCUT2D eigenvalue weighted by molar-refractivity contribution is 6.09. The van der Waals surface area contributed by atoms with Gasteiger partial charge in [-0.1, -0.05) is 24.3 Å². The second-order valence-corrected chi connectivity index (χ2v) is 6.18. The van der Waals surface area contributed by atoms with Gasteiger partial charge in [-0.15, -0.1) is 10.2 Å². The number of amides is 4. The van der Waals surface area contributed by atoms with Crippen LogP contribution in [0.2, 0.25) is 0 Å². The minimum Gasteiger partial charge on any atom is -0.495 e. The predicted octanol–water partition coefficient (Wildman–Crippen LogP) is 3.75. The number of hydrogen-bond acceptors (Lipinski definition) is 6. The molecule has 0 fully saturated rings. The van der Waals surface area contributed by atoms with Crippen molar-refractivity contribution in [3.63, 3.8) is 0 Å². The number of urea groups is 2. The van der Waals surface area contributed by atoms with Gasteiger partial charge in [-0.05, 0) is 38.1 Å². The fourth-order valence-electron chi connectivity index (χ4n) is 2.74. The molecule has 2 aromatic carbocycles. The van der Waals surface area contributed by atoms with Crippen molar-refractivity contribution in [3.8, 4) is 11.5 Å². The Morgan fingerprint density at radius 2 is 1.10 bits per heavy atom. The first-order chi connectivity index (χ1) is 14.4. The number of methoxy groups -OCH3 is 2. The van der Waals surface area contributed by atoms with Gasteiger partial charge in [0.2, 0.25) is 0 Å². The van der Waals surface area contributed by atoms with E-state index in [9.17, 15) is 9.59 Å². The maximum absolute atomic E-state index is 12.7. The molecular formula is C20H22N6O4. The van der Waals surface area contributed by atoms with Crippen molar-refractivity contribution in [2.45, 2.75) is 13.8 Å². The molecule has 2 aromatic rings. The van der Waals surface area contributed by atoms with Crippen LogP contribution in [0.25, 0.3) is 0 Å². The van der Waals surface area contributed by atoms with Crippen LogP contribution >= 0.6 is 0 Å². The van der Waals surface area contributed by atoms with Crippen molar-refractivity contribution in [1.29, 1.82) is 0 Å². The van der Waals surface area contributed by atoms with Gasteiger partial charge in [0.05, 0.1) is 25.6 Å². The van der Waals surface area contributed by atoms with Crippen LogP contribution < -0.4 is 20.1 Å². The van der Waals surface area contributed by atoms with E-state index in [4.69, 9.17) is 9.47 Å². The smallest absolute Gasteiger partial charge is 0.348 e. The Bertz CT molecular complexity index is 938. The van der Waals surface area contributed by atoms with Crippen LogP contribution in [0.15, 0.2) is 58.7 Å². The highest BCUT2D eigenvalue weighted by Gasteiger charge is 2.28. The Hall–Kier alpha value is -4.08. The first-order valence-electron chi connectivity index (χ1n) is 9.03. The highest BCUT2D eigenvalue weighted by Crippen LogP contribution is 2.25. The summed E-state index contributed by atoms with van der Waals surface area (Å²) in [6.07, 6.45) is 0. The Morgan fingerprint density at radius 1 is 0.733 bits per heavy atom. The molecule has 10 heteroatoms. The normalized spacial score (nSPS) is 13.2. The highest BCUT2D eigenvalue weighted by atomic mass is 16.5. The number of anilines is 2. The number of carbonyl (C=O) groups excluding carboxylic acids is 2. The largest absolute Gasteiger partial charge is 0.495 e. The first-order valence-corrected chi connectivity index (χ1v) is 9.03. The zero-order valence-electron chi connectivity index (χ0n) is 17.0. The third-order valence-electron chi connectivity index (χ3n) is 4.18. The fourth-order valence-corrected chi connectivity index (χ4v) is 2.74. The summed E-state index contributed by atoms with van der Waals surface area (Å²) in [5.41, 5.74) is 0.976. The van der Waals surface area contributed by atoms with Gasteiger partial charge in [0, 0.05) is 0 Å². The zero-order chi connectivity index (χ0) is 21.7. The molecule has 0 atom stereocenters. The maximum atomic E-state index is 12.7. The Kier molecular flexibility index (Phi) is 6.16. The van der Waals surface area contributed by atoms with Gasteiger partial charge >= 0.3 is 12.1 Å². The monoisotopic (exact) mass is 410 g/mol. The molecule has 0 saturated heterocycles.